The Bertz CT molecular complexity index is 864. The summed E-state index contributed by atoms with van der Waals surface area (Å²) in [6.45, 7) is 5.85. The molecule has 2 aromatic rings. The zero-order chi connectivity index (χ0) is 20.2. The van der Waals surface area contributed by atoms with Crippen LogP contribution in [0.1, 0.15) is 37.2 Å². The van der Waals surface area contributed by atoms with Gasteiger partial charge in [0, 0.05) is 49.6 Å². The molecule has 2 aromatic heterocycles. The molecule has 28 heavy (non-hydrogen) atoms. The number of nitrogens with two attached hydrogens (primary N) is 1. The second-order valence-corrected chi connectivity index (χ2v) is 7.97. The van der Waals surface area contributed by atoms with Gasteiger partial charge in [-0.2, -0.15) is 13.2 Å². The normalized spacial score (nSPS) is 24.8. The molecule has 2 N–H and O–H groups in total. The van der Waals surface area contributed by atoms with E-state index in [1.54, 1.807) is 0 Å². The Morgan fingerprint density at radius 1 is 1.25 bits per heavy atom. The molecule has 4 rings (SSSR count). The summed E-state index contributed by atoms with van der Waals surface area (Å²) in [7, 11) is 0. The third kappa shape index (κ3) is 3.25. The fourth-order valence-corrected chi connectivity index (χ4v) is 4.35. The molecule has 1 aliphatic carbocycles. The fraction of sp³-hybridized carbons (Fsp3) is 0.579. The van der Waals surface area contributed by atoms with E-state index in [4.69, 9.17) is 5.73 Å². The zero-order valence-electron chi connectivity index (χ0n) is 15.7. The van der Waals surface area contributed by atoms with Crippen molar-refractivity contribution < 1.29 is 17.6 Å². The SMILES string of the molecule is CC(C)c1nc(-c2cnc(N)c(C(F)(F)F)c2)cn1[C@H]1[C@@H]2CN(CCF)C[C@@H]21. The van der Waals surface area contributed by atoms with E-state index in [9.17, 15) is 17.6 Å². The first kappa shape index (κ1) is 19.2. The van der Waals surface area contributed by atoms with Crippen LogP contribution in [0.25, 0.3) is 11.3 Å². The summed E-state index contributed by atoms with van der Waals surface area (Å²) in [6.07, 6.45) is -1.41. The summed E-state index contributed by atoms with van der Waals surface area (Å²) >= 11 is 0. The van der Waals surface area contributed by atoms with Gasteiger partial charge in [-0.25, -0.2) is 14.4 Å². The summed E-state index contributed by atoms with van der Waals surface area (Å²) in [4.78, 5) is 10.5. The molecule has 1 saturated carbocycles. The highest BCUT2D eigenvalue weighted by molar-refractivity contribution is 5.62. The first-order chi connectivity index (χ1) is 13.2. The standard InChI is InChI=1S/C19H23F4N5/c1-10(2)18-26-15(11-5-14(19(21,22)23)17(24)25-6-11)9-28(18)16-12-7-27(4-3-20)8-13(12)16/h5-6,9-10,12-13,16H,3-4,7-8H2,1-2H3,(H2,24,25)/t12-,13+,16+. The number of pyridine rings is 1. The molecular weight excluding hydrogens is 374 g/mol. The molecule has 0 aromatic carbocycles. The van der Waals surface area contributed by atoms with Gasteiger partial charge < -0.3 is 15.2 Å². The average Bonchev–Trinajstić information content (AvgIpc) is 2.98. The average molecular weight is 397 g/mol. The van der Waals surface area contributed by atoms with E-state index >= 15 is 0 Å². The lowest BCUT2D eigenvalue weighted by Gasteiger charge is -2.19. The lowest BCUT2D eigenvalue weighted by Crippen LogP contribution is -2.27. The lowest BCUT2D eigenvalue weighted by atomic mass is 10.1. The maximum Gasteiger partial charge on any atom is 0.419 e. The van der Waals surface area contributed by atoms with Gasteiger partial charge in [-0.15, -0.1) is 0 Å². The van der Waals surface area contributed by atoms with Crippen LogP contribution in [-0.4, -0.2) is 45.7 Å². The van der Waals surface area contributed by atoms with Crippen molar-refractivity contribution in [3.63, 3.8) is 0 Å². The second kappa shape index (κ2) is 6.72. The number of hydrogen-bond donors (Lipinski definition) is 1. The van der Waals surface area contributed by atoms with Crippen molar-refractivity contribution in [1.82, 2.24) is 19.4 Å². The van der Waals surface area contributed by atoms with E-state index in [1.165, 1.54) is 6.20 Å². The number of fused-ring (bicyclic) bond motifs is 1. The van der Waals surface area contributed by atoms with Gasteiger partial charge in [-0.3, -0.25) is 0 Å². The Morgan fingerprint density at radius 2 is 1.93 bits per heavy atom. The Morgan fingerprint density at radius 3 is 2.50 bits per heavy atom. The van der Waals surface area contributed by atoms with Crippen LogP contribution in [0.2, 0.25) is 0 Å². The largest absolute Gasteiger partial charge is 0.419 e. The minimum absolute atomic E-state index is 0.126. The first-order valence-electron chi connectivity index (χ1n) is 9.41. The quantitative estimate of drug-likeness (QED) is 0.781. The van der Waals surface area contributed by atoms with Crippen LogP contribution in [0.3, 0.4) is 0 Å². The van der Waals surface area contributed by atoms with Crippen molar-refractivity contribution in [3.8, 4) is 11.3 Å². The summed E-state index contributed by atoms with van der Waals surface area (Å²) in [6, 6.07) is 1.29. The molecule has 5 nitrogen and oxygen atoms in total. The van der Waals surface area contributed by atoms with Crippen molar-refractivity contribution in [2.45, 2.75) is 32.0 Å². The smallest absolute Gasteiger partial charge is 0.383 e. The van der Waals surface area contributed by atoms with Crippen LogP contribution in [0.15, 0.2) is 18.5 Å². The van der Waals surface area contributed by atoms with E-state index in [-0.39, 0.29) is 18.6 Å². The van der Waals surface area contributed by atoms with Crippen molar-refractivity contribution >= 4 is 5.82 Å². The van der Waals surface area contributed by atoms with Gasteiger partial charge in [0.25, 0.3) is 0 Å². The number of piperidine rings is 1. The van der Waals surface area contributed by atoms with Crippen molar-refractivity contribution in [1.29, 1.82) is 0 Å². The second-order valence-electron chi connectivity index (χ2n) is 7.97. The number of hydrogen-bond acceptors (Lipinski definition) is 4. The summed E-state index contributed by atoms with van der Waals surface area (Å²) < 4.78 is 54.2. The third-order valence-corrected chi connectivity index (χ3v) is 5.74. The van der Waals surface area contributed by atoms with Gasteiger partial charge in [0.05, 0.1) is 11.3 Å². The zero-order valence-corrected chi connectivity index (χ0v) is 15.7. The molecule has 3 atom stereocenters. The van der Waals surface area contributed by atoms with Crippen molar-refractivity contribution in [2.75, 3.05) is 32.0 Å². The van der Waals surface area contributed by atoms with Crippen molar-refractivity contribution in [3.05, 3.63) is 29.8 Å². The van der Waals surface area contributed by atoms with E-state index in [1.807, 2.05) is 20.0 Å². The van der Waals surface area contributed by atoms with Crippen LogP contribution < -0.4 is 5.73 Å². The van der Waals surface area contributed by atoms with Gasteiger partial charge in [0.15, 0.2) is 0 Å². The van der Waals surface area contributed by atoms with Crippen LogP contribution >= 0.6 is 0 Å². The number of nitrogens with zero attached hydrogens (tertiary/aromatic N) is 4. The molecule has 9 heteroatoms. The number of rotatable bonds is 5. The van der Waals surface area contributed by atoms with Crippen LogP contribution in [-0.2, 0) is 6.18 Å². The summed E-state index contributed by atoms with van der Waals surface area (Å²) in [5.74, 6) is 1.32. The van der Waals surface area contributed by atoms with Gasteiger partial charge in [-0.1, -0.05) is 13.8 Å². The number of aromatic nitrogens is 3. The number of imidazole rings is 1. The van der Waals surface area contributed by atoms with E-state index in [0.717, 1.165) is 25.0 Å². The predicted octanol–water partition coefficient (Wildman–Crippen LogP) is 3.74. The van der Waals surface area contributed by atoms with E-state index in [0.29, 0.717) is 29.6 Å². The van der Waals surface area contributed by atoms with E-state index in [2.05, 4.69) is 19.4 Å². The predicted molar refractivity (Wildman–Crippen MR) is 97.4 cm³/mol. The lowest BCUT2D eigenvalue weighted by molar-refractivity contribution is -0.137. The number of likely N-dealkylation sites (tertiary alicyclic amines) is 1. The molecule has 0 radical (unpaired) electrons. The molecule has 0 unspecified atom stereocenters. The number of halogens is 4. The van der Waals surface area contributed by atoms with Crippen molar-refractivity contribution in [2.24, 2.45) is 11.8 Å². The summed E-state index contributed by atoms with van der Waals surface area (Å²) in [5.41, 5.74) is 5.22. The molecule has 2 aliphatic rings. The molecule has 1 aliphatic heterocycles. The first-order valence-corrected chi connectivity index (χ1v) is 9.41. The molecule has 0 spiro atoms. The minimum atomic E-state index is -4.57. The molecule has 1 saturated heterocycles. The highest BCUT2D eigenvalue weighted by Gasteiger charge is 2.57. The summed E-state index contributed by atoms with van der Waals surface area (Å²) in [5, 5.41) is 0. The molecule has 3 heterocycles. The Kier molecular flexibility index (Phi) is 4.60. The Hall–Kier alpha value is -2.16. The third-order valence-electron chi connectivity index (χ3n) is 5.74. The number of nitrogen functional groups attached to an aromatic ring is 1. The molecule has 2 fully saturated rings. The Labute approximate surface area is 160 Å². The monoisotopic (exact) mass is 397 g/mol. The van der Waals surface area contributed by atoms with E-state index < -0.39 is 17.6 Å². The topological polar surface area (TPSA) is 60.0 Å². The van der Waals surface area contributed by atoms with Gasteiger partial charge in [0.2, 0.25) is 0 Å². The van der Waals surface area contributed by atoms with Crippen LogP contribution in [0.5, 0.6) is 0 Å². The van der Waals surface area contributed by atoms with Crippen LogP contribution in [0, 0.1) is 11.8 Å². The molecular formula is C19H23F4N5. The fourth-order valence-electron chi connectivity index (χ4n) is 4.35. The van der Waals surface area contributed by atoms with Gasteiger partial charge in [-0.05, 0) is 17.9 Å². The number of alkyl halides is 4. The van der Waals surface area contributed by atoms with Crippen LogP contribution in [0.4, 0.5) is 23.4 Å². The highest BCUT2D eigenvalue weighted by atomic mass is 19.4. The Balaban J connectivity index is 1.64. The maximum absolute atomic E-state index is 13.2. The molecule has 152 valence electrons. The van der Waals surface area contributed by atoms with Gasteiger partial charge in [0.1, 0.15) is 18.3 Å². The van der Waals surface area contributed by atoms with Gasteiger partial charge >= 0.3 is 6.18 Å². The molecule has 0 amide bonds. The maximum atomic E-state index is 13.2. The number of anilines is 1. The highest BCUT2D eigenvalue weighted by Crippen LogP contribution is 2.56. The molecule has 0 bridgehead atoms. The minimum Gasteiger partial charge on any atom is -0.383 e.